The van der Waals surface area contributed by atoms with Crippen LogP contribution in [0.1, 0.15) is 35.7 Å². The van der Waals surface area contributed by atoms with Crippen LogP contribution in [0.15, 0.2) is 44.4 Å². The van der Waals surface area contributed by atoms with Gasteiger partial charge in [0, 0.05) is 0 Å². The molecule has 0 fully saturated rings. The lowest BCUT2D eigenvalue weighted by Crippen LogP contribution is -2.09. The molecular weight excluding hydrogens is 348 g/mol. The van der Waals surface area contributed by atoms with Crippen LogP contribution in [-0.4, -0.2) is 24.0 Å². The molecule has 3 rings (SSSR count). The smallest absolute Gasteiger partial charge is 0.335 e. The fourth-order valence-corrected chi connectivity index (χ4v) is 3.28. The first-order chi connectivity index (χ1) is 11.6. The van der Waals surface area contributed by atoms with Gasteiger partial charge in [0.15, 0.2) is 5.58 Å². The van der Waals surface area contributed by atoms with Gasteiger partial charge in [-0.1, -0.05) is 13.8 Å². The lowest BCUT2D eigenvalue weighted by Gasteiger charge is -2.11. The average molecular weight is 362 g/mol. The van der Waals surface area contributed by atoms with Crippen molar-refractivity contribution >= 4 is 38.0 Å². The molecule has 0 atom stereocenters. The zero-order valence-electron chi connectivity index (χ0n) is 13.3. The SMILES string of the molecule is CC(C)c1cc(S(=O)(=O)O)c2oc3ccc(C(=O)O)cc3c(=O)c2c1. The Labute approximate surface area is 142 Å². The van der Waals surface area contributed by atoms with E-state index in [1.165, 1.54) is 30.3 Å². The third-order valence-corrected chi connectivity index (χ3v) is 4.81. The van der Waals surface area contributed by atoms with E-state index in [1.807, 2.05) is 0 Å². The van der Waals surface area contributed by atoms with E-state index in [0.717, 1.165) is 0 Å². The summed E-state index contributed by atoms with van der Waals surface area (Å²) in [6.07, 6.45) is 0. The van der Waals surface area contributed by atoms with Crippen molar-refractivity contribution in [3.8, 4) is 0 Å². The number of rotatable bonds is 3. The van der Waals surface area contributed by atoms with Crippen LogP contribution in [0, 0.1) is 0 Å². The fourth-order valence-electron chi connectivity index (χ4n) is 2.61. The third kappa shape index (κ3) is 2.90. The van der Waals surface area contributed by atoms with Gasteiger partial charge < -0.3 is 9.52 Å². The second-order valence-corrected chi connectivity index (χ2v) is 7.36. The minimum atomic E-state index is -4.62. The molecule has 0 bridgehead atoms. The van der Waals surface area contributed by atoms with Gasteiger partial charge in [0.2, 0.25) is 5.43 Å². The van der Waals surface area contributed by atoms with E-state index in [0.29, 0.717) is 5.56 Å². The normalized spacial score (nSPS) is 12.2. The summed E-state index contributed by atoms with van der Waals surface area (Å²) in [6, 6.07) is 6.47. The number of carboxylic acids is 1. The van der Waals surface area contributed by atoms with Crippen LogP contribution in [0.5, 0.6) is 0 Å². The van der Waals surface area contributed by atoms with Crippen LogP contribution >= 0.6 is 0 Å². The number of aromatic carboxylic acids is 1. The van der Waals surface area contributed by atoms with E-state index in [4.69, 9.17) is 9.52 Å². The number of benzene rings is 2. The largest absolute Gasteiger partial charge is 0.478 e. The van der Waals surface area contributed by atoms with Crippen molar-refractivity contribution in [3.63, 3.8) is 0 Å². The first-order valence-corrected chi connectivity index (χ1v) is 8.79. The summed E-state index contributed by atoms with van der Waals surface area (Å²) in [5.41, 5.74) is -0.348. The predicted molar refractivity (Wildman–Crippen MR) is 90.9 cm³/mol. The maximum absolute atomic E-state index is 12.8. The summed E-state index contributed by atoms with van der Waals surface area (Å²) in [4.78, 5) is 23.4. The number of carboxylic acid groups (broad SMARTS) is 1. The molecule has 2 aromatic carbocycles. The Hall–Kier alpha value is -2.71. The predicted octanol–water partition coefficient (Wildman–Crippen LogP) is 3.01. The Balaban J connectivity index is 2.55. The highest BCUT2D eigenvalue weighted by Crippen LogP contribution is 2.29. The molecule has 0 saturated heterocycles. The van der Waals surface area contributed by atoms with Crippen LogP contribution < -0.4 is 5.43 Å². The van der Waals surface area contributed by atoms with Gasteiger partial charge in [0.05, 0.1) is 16.3 Å². The zero-order chi connectivity index (χ0) is 18.5. The van der Waals surface area contributed by atoms with E-state index < -0.39 is 26.4 Å². The standard InChI is InChI=1S/C17H14O7S/c1-8(2)10-6-12-15(18)11-5-9(17(19)20)3-4-13(11)24-16(12)14(7-10)25(21,22)23/h3-8H,1-2H3,(H,19,20)(H,21,22,23). The van der Waals surface area contributed by atoms with Gasteiger partial charge in [0.25, 0.3) is 10.1 Å². The Morgan fingerprint density at radius 1 is 1.12 bits per heavy atom. The summed E-state index contributed by atoms with van der Waals surface area (Å²) >= 11 is 0. The van der Waals surface area contributed by atoms with Crippen molar-refractivity contribution in [1.82, 2.24) is 0 Å². The molecule has 130 valence electrons. The van der Waals surface area contributed by atoms with Crippen molar-refractivity contribution in [2.24, 2.45) is 0 Å². The lowest BCUT2D eigenvalue weighted by atomic mass is 10.0. The zero-order valence-corrected chi connectivity index (χ0v) is 14.1. The summed E-state index contributed by atoms with van der Waals surface area (Å²) in [5.74, 6) is -1.30. The van der Waals surface area contributed by atoms with E-state index in [2.05, 4.69) is 0 Å². The van der Waals surface area contributed by atoms with Gasteiger partial charge in [-0.3, -0.25) is 9.35 Å². The first-order valence-electron chi connectivity index (χ1n) is 7.35. The molecule has 0 unspecified atom stereocenters. The van der Waals surface area contributed by atoms with Crippen LogP contribution in [0.4, 0.5) is 0 Å². The van der Waals surface area contributed by atoms with Crippen LogP contribution in [-0.2, 0) is 10.1 Å². The van der Waals surface area contributed by atoms with Gasteiger partial charge >= 0.3 is 5.97 Å². The Kier molecular flexibility index (Phi) is 3.89. The molecule has 1 heterocycles. The minimum absolute atomic E-state index is 0.0228. The molecule has 0 saturated carbocycles. The summed E-state index contributed by atoms with van der Waals surface area (Å²) in [5, 5.41) is 9.06. The van der Waals surface area contributed by atoms with Gasteiger partial charge in [-0.25, -0.2) is 4.79 Å². The van der Waals surface area contributed by atoms with Crippen molar-refractivity contribution < 1.29 is 27.3 Å². The molecule has 2 N–H and O–H groups in total. The first kappa shape index (κ1) is 17.1. The maximum Gasteiger partial charge on any atom is 0.335 e. The number of carbonyl (C=O) groups is 1. The number of hydrogen-bond acceptors (Lipinski definition) is 5. The average Bonchev–Trinajstić information content (AvgIpc) is 2.52. The van der Waals surface area contributed by atoms with E-state index >= 15 is 0 Å². The molecule has 1 aromatic heterocycles. The summed E-state index contributed by atoms with van der Waals surface area (Å²) in [6.45, 7) is 3.61. The van der Waals surface area contributed by atoms with Crippen LogP contribution in [0.2, 0.25) is 0 Å². The van der Waals surface area contributed by atoms with Crippen LogP contribution in [0.25, 0.3) is 21.9 Å². The number of hydrogen-bond donors (Lipinski definition) is 2. The molecule has 0 aliphatic carbocycles. The molecule has 8 heteroatoms. The fraction of sp³-hybridized carbons (Fsp3) is 0.176. The topological polar surface area (TPSA) is 122 Å². The Morgan fingerprint density at radius 2 is 1.80 bits per heavy atom. The second kappa shape index (κ2) is 5.68. The van der Waals surface area contributed by atoms with E-state index in [1.54, 1.807) is 13.8 Å². The van der Waals surface area contributed by atoms with Crippen molar-refractivity contribution in [2.75, 3.05) is 0 Å². The van der Waals surface area contributed by atoms with Gasteiger partial charge in [0.1, 0.15) is 10.5 Å². The highest BCUT2D eigenvalue weighted by molar-refractivity contribution is 7.86. The van der Waals surface area contributed by atoms with E-state index in [-0.39, 0.29) is 33.4 Å². The molecule has 25 heavy (non-hydrogen) atoms. The Bertz CT molecular complexity index is 1190. The van der Waals surface area contributed by atoms with E-state index in [9.17, 15) is 22.6 Å². The van der Waals surface area contributed by atoms with Gasteiger partial charge in [-0.15, -0.1) is 0 Å². The molecule has 3 aromatic rings. The van der Waals surface area contributed by atoms with Crippen molar-refractivity contribution in [1.29, 1.82) is 0 Å². The molecule has 0 amide bonds. The summed E-state index contributed by atoms with van der Waals surface area (Å²) < 4.78 is 38.5. The van der Waals surface area contributed by atoms with Crippen LogP contribution in [0.3, 0.4) is 0 Å². The van der Waals surface area contributed by atoms with Crippen molar-refractivity contribution in [2.45, 2.75) is 24.7 Å². The molecule has 0 aliphatic heterocycles. The summed E-state index contributed by atoms with van der Waals surface area (Å²) in [7, 11) is -4.62. The monoisotopic (exact) mass is 362 g/mol. The maximum atomic E-state index is 12.8. The van der Waals surface area contributed by atoms with Crippen molar-refractivity contribution in [3.05, 3.63) is 51.7 Å². The molecule has 0 spiro atoms. The highest BCUT2D eigenvalue weighted by atomic mass is 32.2. The lowest BCUT2D eigenvalue weighted by molar-refractivity contribution is 0.0697. The second-order valence-electron chi connectivity index (χ2n) is 5.97. The van der Waals surface area contributed by atoms with Gasteiger partial charge in [-0.2, -0.15) is 8.42 Å². The quantitative estimate of drug-likeness (QED) is 0.542. The highest BCUT2D eigenvalue weighted by Gasteiger charge is 2.22. The molecule has 0 radical (unpaired) electrons. The molecule has 0 aliphatic rings. The molecular formula is C17H14O7S. The number of fused-ring (bicyclic) bond motifs is 2. The molecule has 7 nitrogen and oxygen atoms in total. The third-order valence-electron chi connectivity index (χ3n) is 3.95. The van der Waals surface area contributed by atoms with Gasteiger partial charge in [-0.05, 0) is 41.8 Å². The Morgan fingerprint density at radius 3 is 2.36 bits per heavy atom. The minimum Gasteiger partial charge on any atom is -0.478 e.